The summed E-state index contributed by atoms with van der Waals surface area (Å²) in [4.78, 5) is 14.4. The number of nitrogens with one attached hydrogen (secondary N) is 1. The van der Waals surface area contributed by atoms with Gasteiger partial charge in [0.2, 0.25) is 5.52 Å². The lowest BCUT2D eigenvalue weighted by Crippen LogP contribution is -2.19. The van der Waals surface area contributed by atoms with Crippen molar-refractivity contribution in [2.75, 3.05) is 0 Å². The largest absolute Gasteiger partial charge is 0.300 e. The predicted octanol–water partition coefficient (Wildman–Crippen LogP) is 2.33. The van der Waals surface area contributed by atoms with Crippen LogP contribution in [0.25, 0.3) is 11.0 Å². The van der Waals surface area contributed by atoms with E-state index in [1.165, 1.54) is 36.4 Å². The lowest BCUT2D eigenvalue weighted by molar-refractivity contribution is -0.383. The molecule has 2 aromatic carbocycles. The summed E-state index contributed by atoms with van der Waals surface area (Å²) < 4.78 is 17.5. The van der Waals surface area contributed by atoms with Gasteiger partial charge >= 0.3 is 5.69 Å². The van der Waals surface area contributed by atoms with E-state index in [1.54, 1.807) is 0 Å². The van der Waals surface area contributed by atoms with Crippen LogP contribution < -0.4 is 5.48 Å². The van der Waals surface area contributed by atoms with Crippen LogP contribution in [0.15, 0.2) is 46.0 Å². The standard InChI is InChI=1S/C13H8FN5O4/c14-8-3-1-7(2-4-8)13(16-20)15-9-5-6-10(19(21)22)12-11(9)17-23-18-12/h1-6,20H,(H,15,16). The van der Waals surface area contributed by atoms with Crippen molar-refractivity contribution in [1.82, 2.24) is 15.8 Å². The molecule has 0 atom stereocenters. The molecule has 10 heteroatoms. The molecule has 0 radical (unpaired) electrons. The van der Waals surface area contributed by atoms with Crippen LogP contribution in [0.3, 0.4) is 0 Å². The van der Waals surface area contributed by atoms with Gasteiger partial charge in [-0.3, -0.25) is 20.8 Å². The summed E-state index contributed by atoms with van der Waals surface area (Å²) in [7, 11) is 0. The highest BCUT2D eigenvalue weighted by Gasteiger charge is 2.19. The summed E-state index contributed by atoms with van der Waals surface area (Å²) >= 11 is 0. The SMILES string of the molecule is O=[N+]([O-])c1ccc(N=C(NO)c2ccc(F)cc2)c2nonc12. The molecular formula is C13H8FN5O4. The molecule has 0 amide bonds. The van der Waals surface area contributed by atoms with Gasteiger partial charge in [0.05, 0.1) is 10.6 Å². The first-order valence-electron chi connectivity index (χ1n) is 6.24. The van der Waals surface area contributed by atoms with Gasteiger partial charge in [0.1, 0.15) is 5.82 Å². The molecule has 23 heavy (non-hydrogen) atoms. The van der Waals surface area contributed by atoms with Crippen LogP contribution in [0.1, 0.15) is 5.56 Å². The highest BCUT2D eigenvalue weighted by molar-refractivity contribution is 6.02. The van der Waals surface area contributed by atoms with E-state index >= 15 is 0 Å². The third kappa shape index (κ3) is 2.70. The Labute approximate surface area is 127 Å². The first-order valence-corrected chi connectivity index (χ1v) is 6.24. The molecule has 3 rings (SSSR count). The van der Waals surface area contributed by atoms with Gasteiger partial charge in [-0.25, -0.2) is 14.0 Å². The van der Waals surface area contributed by atoms with Crippen molar-refractivity contribution in [3.05, 3.63) is 57.9 Å². The molecule has 2 N–H and O–H groups in total. The van der Waals surface area contributed by atoms with Gasteiger partial charge in [-0.05, 0) is 40.6 Å². The van der Waals surface area contributed by atoms with E-state index in [-0.39, 0.29) is 28.2 Å². The molecule has 0 aliphatic rings. The normalized spacial score (nSPS) is 11.7. The van der Waals surface area contributed by atoms with Gasteiger partial charge < -0.3 is 0 Å². The molecule has 0 saturated heterocycles. The molecule has 9 nitrogen and oxygen atoms in total. The number of fused-ring (bicyclic) bond motifs is 1. The number of hydrogen-bond acceptors (Lipinski definition) is 7. The fourth-order valence-corrected chi connectivity index (χ4v) is 1.96. The number of nitrogens with zero attached hydrogens (tertiary/aromatic N) is 4. The molecule has 1 aromatic heterocycles. The number of hydrogen-bond donors (Lipinski definition) is 2. The molecule has 0 saturated carbocycles. The van der Waals surface area contributed by atoms with Crippen LogP contribution in [-0.4, -0.2) is 26.3 Å². The van der Waals surface area contributed by atoms with Crippen molar-refractivity contribution in [2.24, 2.45) is 4.99 Å². The van der Waals surface area contributed by atoms with Crippen molar-refractivity contribution in [2.45, 2.75) is 0 Å². The summed E-state index contributed by atoms with van der Waals surface area (Å²) in [5.41, 5.74) is 2.21. The van der Waals surface area contributed by atoms with Crippen LogP contribution in [0.4, 0.5) is 15.8 Å². The molecule has 1 heterocycles. The number of non-ortho nitro benzene ring substituents is 1. The van der Waals surface area contributed by atoms with Crippen molar-refractivity contribution in [3.63, 3.8) is 0 Å². The molecular weight excluding hydrogens is 309 g/mol. The maximum Gasteiger partial charge on any atom is 0.300 e. The zero-order chi connectivity index (χ0) is 16.4. The van der Waals surface area contributed by atoms with Gasteiger partial charge in [0.15, 0.2) is 11.4 Å². The van der Waals surface area contributed by atoms with E-state index in [0.717, 1.165) is 0 Å². The topological polar surface area (TPSA) is 127 Å². The number of hydroxylamine groups is 1. The fraction of sp³-hybridized carbons (Fsp3) is 0. The number of aromatic nitrogens is 2. The maximum absolute atomic E-state index is 13.0. The highest BCUT2D eigenvalue weighted by Crippen LogP contribution is 2.30. The highest BCUT2D eigenvalue weighted by atomic mass is 19.1. The van der Waals surface area contributed by atoms with Gasteiger partial charge in [-0.1, -0.05) is 0 Å². The van der Waals surface area contributed by atoms with E-state index in [2.05, 4.69) is 19.9 Å². The predicted molar refractivity (Wildman–Crippen MR) is 76.0 cm³/mol. The van der Waals surface area contributed by atoms with E-state index in [0.29, 0.717) is 5.56 Å². The monoisotopic (exact) mass is 317 g/mol. The van der Waals surface area contributed by atoms with Gasteiger partial charge in [-0.15, -0.1) is 0 Å². The number of halogens is 1. The zero-order valence-corrected chi connectivity index (χ0v) is 11.3. The third-order valence-electron chi connectivity index (χ3n) is 3.03. The zero-order valence-electron chi connectivity index (χ0n) is 11.3. The number of nitro groups is 1. The van der Waals surface area contributed by atoms with Crippen LogP contribution in [0, 0.1) is 15.9 Å². The fourth-order valence-electron chi connectivity index (χ4n) is 1.96. The van der Waals surface area contributed by atoms with Crippen molar-refractivity contribution in [1.29, 1.82) is 0 Å². The Hall–Kier alpha value is -3.40. The second-order valence-electron chi connectivity index (χ2n) is 4.40. The Morgan fingerprint density at radius 2 is 1.91 bits per heavy atom. The molecule has 0 aliphatic carbocycles. The number of benzene rings is 2. The van der Waals surface area contributed by atoms with Crippen LogP contribution in [0.5, 0.6) is 0 Å². The van der Waals surface area contributed by atoms with Crippen molar-refractivity contribution < 1.29 is 19.2 Å². The summed E-state index contributed by atoms with van der Waals surface area (Å²) in [6.45, 7) is 0. The maximum atomic E-state index is 13.0. The lowest BCUT2D eigenvalue weighted by Gasteiger charge is -2.05. The molecule has 0 bridgehead atoms. The number of aliphatic imine (C=N–C) groups is 1. The van der Waals surface area contributed by atoms with E-state index in [1.807, 2.05) is 5.48 Å². The summed E-state index contributed by atoms with van der Waals surface area (Å²) in [6, 6.07) is 7.75. The van der Waals surface area contributed by atoms with Crippen LogP contribution in [-0.2, 0) is 0 Å². The van der Waals surface area contributed by atoms with Crippen LogP contribution in [0.2, 0.25) is 0 Å². The summed E-state index contributed by atoms with van der Waals surface area (Å²) in [5.74, 6) is -0.437. The van der Waals surface area contributed by atoms with Gasteiger partial charge in [-0.2, -0.15) is 0 Å². The quantitative estimate of drug-likeness (QED) is 0.328. The molecule has 0 spiro atoms. The Morgan fingerprint density at radius 1 is 1.22 bits per heavy atom. The Balaban J connectivity index is 2.12. The van der Waals surface area contributed by atoms with Crippen LogP contribution >= 0.6 is 0 Å². The molecule has 3 aromatic rings. The minimum absolute atomic E-state index is 0.00292. The van der Waals surface area contributed by atoms with Gasteiger partial charge in [0.25, 0.3) is 0 Å². The number of amidine groups is 1. The average molecular weight is 317 g/mol. The Bertz CT molecular complexity index is 906. The molecule has 0 aliphatic heterocycles. The third-order valence-corrected chi connectivity index (χ3v) is 3.03. The molecule has 0 fully saturated rings. The first-order chi connectivity index (χ1) is 11.1. The summed E-state index contributed by atoms with van der Waals surface area (Å²) in [5, 5.41) is 27.2. The molecule has 116 valence electrons. The average Bonchev–Trinajstić information content (AvgIpc) is 3.03. The Kier molecular flexibility index (Phi) is 3.65. The lowest BCUT2D eigenvalue weighted by atomic mass is 10.2. The second kappa shape index (κ2) is 5.77. The number of nitro benzene ring substituents is 1. The van der Waals surface area contributed by atoms with E-state index < -0.39 is 10.7 Å². The minimum Gasteiger partial charge on any atom is -0.290 e. The van der Waals surface area contributed by atoms with Crippen molar-refractivity contribution >= 4 is 28.2 Å². The molecule has 0 unspecified atom stereocenters. The van der Waals surface area contributed by atoms with E-state index in [4.69, 9.17) is 0 Å². The smallest absolute Gasteiger partial charge is 0.290 e. The Morgan fingerprint density at radius 3 is 2.57 bits per heavy atom. The minimum atomic E-state index is -0.620. The van der Waals surface area contributed by atoms with E-state index in [9.17, 15) is 19.7 Å². The second-order valence-corrected chi connectivity index (χ2v) is 4.40. The van der Waals surface area contributed by atoms with Crippen molar-refractivity contribution in [3.8, 4) is 0 Å². The summed E-state index contributed by atoms with van der Waals surface area (Å²) in [6.07, 6.45) is 0. The van der Waals surface area contributed by atoms with Gasteiger partial charge in [0, 0.05) is 11.6 Å². The number of rotatable bonds is 3. The first kappa shape index (κ1) is 14.5.